The molecule has 0 aromatic carbocycles. The van der Waals surface area contributed by atoms with E-state index in [-0.39, 0.29) is 29.6 Å². The Kier molecular flexibility index (Phi) is 8.15. The first-order chi connectivity index (χ1) is 11.4. The summed E-state index contributed by atoms with van der Waals surface area (Å²) in [6.07, 6.45) is -5.25. The molecular formula is C9H15N2NaO12P2. The SMILES string of the molecule is O=c1ccn([C@@H]2O[C@H](COP(=O)(O)OP(=O)(O)O)[C@@H](O)[C@H]2O)c(=O)[nH]1.[NaH]. The topological polar surface area (TPSA) is 218 Å². The van der Waals surface area contributed by atoms with Gasteiger partial charge in [0.05, 0.1) is 6.61 Å². The number of aliphatic hydroxyl groups excluding tert-OH is 2. The van der Waals surface area contributed by atoms with E-state index < -0.39 is 58.0 Å². The number of phosphoric ester groups is 1. The van der Waals surface area contributed by atoms with Crippen molar-refractivity contribution in [2.75, 3.05) is 6.61 Å². The number of H-pyrrole nitrogens is 1. The third-order valence-corrected chi connectivity index (χ3v) is 5.23. The van der Waals surface area contributed by atoms with Crippen molar-refractivity contribution in [1.29, 1.82) is 0 Å². The molecule has 14 nitrogen and oxygen atoms in total. The second-order valence-corrected chi connectivity index (χ2v) is 7.73. The van der Waals surface area contributed by atoms with Crippen LogP contribution in [0.1, 0.15) is 6.23 Å². The summed E-state index contributed by atoms with van der Waals surface area (Å²) >= 11 is 0. The minimum absolute atomic E-state index is 0. The van der Waals surface area contributed by atoms with E-state index in [4.69, 9.17) is 19.4 Å². The molecule has 0 aliphatic carbocycles. The van der Waals surface area contributed by atoms with Gasteiger partial charge in [0, 0.05) is 12.3 Å². The van der Waals surface area contributed by atoms with Gasteiger partial charge >= 0.3 is 50.9 Å². The summed E-state index contributed by atoms with van der Waals surface area (Å²) in [4.78, 5) is 50.7. The molecule has 1 unspecified atom stereocenters. The van der Waals surface area contributed by atoms with Crippen molar-refractivity contribution in [1.82, 2.24) is 9.55 Å². The van der Waals surface area contributed by atoms with Gasteiger partial charge in [-0.25, -0.2) is 13.9 Å². The Balaban J connectivity index is 0.00000338. The zero-order valence-corrected chi connectivity index (χ0v) is 13.9. The molecule has 1 saturated heterocycles. The molecule has 5 atom stereocenters. The Bertz CT molecular complexity index is 834. The summed E-state index contributed by atoms with van der Waals surface area (Å²) in [5, 5.41) is 19.8. The van der Waals surface area contributed by atoms with Crippen molar-refractivity contribution < 1.29 is 47.6 Å². The van der Waals surface area contributed by atoms with Crippen LogP contribution in [-0.4, -0.2) is 88.9 Å². The Morgan fingerprint density at radius 1 is 1.19 bits per heavy atom. The molecule has 2 rings (SSSR count). The van der Waals surface area contributed by atoms with Crippen LogP contribution in [0.5, 0.6) is 0 Å². The van der Waals surface area contributed by atoms with E-state index in [0.717, 1.165) is 16.8 Å². The van der Waals surface area contributed by atoms with Crippen LogP contribution in [0.25, 0.3) is 0 Å². The van der Waals surface area contributed by atoms with E-state index in [1.54, 1.807) is 0 Å². The van der Waals surface area contributed by atoms with Crippen LogP contribution in [0.3, 0.4) is 0 Å². The van der Waals surface area contributed by atoms with Gasteiger partial charge in [-0.15, -0.1) is 0 Å². The van der Waals surface area contributed by atoms with E-state index in [2.05, 4.69) is 8.83 Å². The number of rotatable bonds is 6. The van der Waals surface area contributed by atoms with Crippen molar-refractivity contribution in [2.24, 2.45) is 0 Å². The average Bonchev–Trinajstić information content (AvgIpc) is 2.71. The molecule has 0 spiro atoms. The number of phosphoric acid groups is 2. The number of hydrogen-bond donors (Lipinski definition) is 6. The van der Waals surface area contributed by atoms with Crippen molar-refractivity contribution in [3.8, 4) is 0 Å². The molecule has 144 valence electrons. The van der Waals surface area contributed by atoms with Crippen molar-refractivity contribution in [3.05, 3.63) is 33.1 Å². The van der Waals surface area contributed by atoms with Crippen LogP contribution >= 0.6 is 15.6 Å². The second kappa shape index (κ2) is 8.88. The van der Waals surface area contributed by atoms with Gasteiger partial charge in [-0.1, -0.05) is 0 Å². The fraction of sp³-hybridized carbons (Fsp3) is 0.556. The van der Waals surface area contributed by atoms with Crippen LogP contribution in [0.2, 0.25) is 0 Å². The fourth-order valence-corrected chi connectivity index (χ4v) is 3.65. The Labute approximate surface area is 166 Å². The molecule has 26 heavy (non-hydrogen) atoms. The molecule has 1 aliphatic heterocycles. The normalized spacial score (nSPS) is 28.3. The van der Waals surface area contributed by atoms with E-state index in [0.29, 0.717) is 0 Å². The van der Waals surface area contributed by atoms with E-state index in [9.17, 15) is 28.9 Å². The van der Waals surface area contributed by atoms with Crippen LogP contribution in [0.15, 0.2) is 21.9 Å². The van der Waals surface area contributed by atoms with E-state index in [1.165, 1.54) is 0 Å². The number of nitrogens with zero attached hydrogens (tertiary/aromatic N) is 1. The number of aliphatic hydroxyl groups is 2. The molecule has 0 bridgehead atoms. The number of hydrogen-bond acceptors (Lipinski definition) is 9. The van der Waals surface area contributed by atoms with Gasteiger partial charge in [-0.3, -0.25) is 18.9 Å². The summed E-state index contributed by atoms with van der Waals surface area (Å²) in [5.74, 6) is 0. The van der Waals surface area contributed by atoms with Crippen LogP contribution < -0.4 is 11.2 Å². The predicted octanol–water partition coefficient (Wildman–Crippen LogP) is -3.27. The first-order valence-electron chi connectivity index (χ1n) is 6.47. The molecular weight excluding hydrogens is 413 g/mol. The second-order valence-electron chi connectivity index (χ2n) is 4.90. The van der Waals surface area contributed by atoms with Gasteiger partial charge < -0.3 is 29.6 Å². The van der Waals surface area contributed by atoms with Crippen molar-refractivity contribution >= 4 is 45.2 Å². The van der Waals surface area contributed by atoms with Gasteiger partial charge in [0.15, 0.2) is 6.23 Å². The maximum atomic E-state index is 11.7. The molecule has 1 aromatic rings. The first kappa shape index (κ1) is 23.9. The summed E-state index contributed by atoms with van der Waals surface area (Å²) in [6.45, 7) is -0.902. The zero-order valence-electron chi connectivity index (χ0n) is 12.1. The quantitative estimate of drug-likeness (QED) is 0.194. The third kappa shape index (κ3) is 6.17. The molecule has 0 radical (unpaired) electrons. The molecule has 0 amide bonds. The minimum atomic E-state index is -5.32. The fourth-order valence-electron chi connectivity index (χ4n) is 2.05. The molecule has 1 fully saturated rings. The van der Waals surface area contributed by atoms with E-state index in [1.807, 2.05) is 4.98 Å². The summed E-state index contributed by atoms with van der Waals surface area (Å²) in [5.41, 5.74) is -1.65. The van der Waals surface area contributed by atoms with Crippen LogP contribution in [0, 0.1) is 0 Å². The van der Waals surface area contributed by atoms with Crippen molar-refractivity contribution in [3.63, 3.8) is 0 Å². The molecule has 6 N–H and O–H groups in total. The number of ether oxygens (including phenoxy) is 1. The average molecular weight is 428 g/mol. The molecule has 17 heteroatoms. The first-order valence-corrected chi connectivity index (χ1v) is 9.49. The molecule has 1 aromatic heterocycles. The van der Waals surface area contributed by atoms with Crippen LogP contribution in [-0.2, 0) is 22.7 Å². The van der Waals surface area contributed by atoms with Gasteiger partial charge in [0.1, 0.15) is 18.3 Å². The van der Waals surface area contributed by atoms with E-state index >= 15 is 0 Å². The van der Waals surface area contributed by atoms with Gasteiger partial charge in [-0.05, 0) is 0 Å². The number of aromatic amines is 1. The van der Waals surface area contributed by atoms with Gasteiger partial charge in [-0.2, -0.15) is 4.31 Å². The van der Waals surface area contributed by atoms with Gasteiger partial charge in [0.25, 0.3) is 5.56 Å². The molecule has 0 saturated carbocycles. The maximum absolute atomic E-state index is 11.7. The monoisotopic (exact) mass is 428 g/mol. The Morgan fingerprint density at radius 3 is 2.35 bits per heavy atom. The summed E-state index contributed by atoms with van der Waals surface area (Å²) in [7, 11) is -10.5. The van der Waals surface area contributed by atoms with Crippen molar-refractivity contribution in [2.45, 2.75) is 24.5 Å². The third-order valence-electron chi connectivity index (χ3n) is 3.07. The zero-order chi connectivity index (χ0) is 19.0. The van der Waals surface area contributed by atoms with Gasteiger partial charge in [0.2, 0.25) is 0 Å². The number of nitrogens with one attached hydrogen (secondary N) is 1. The summed E-state index contributed by atoms with van der Waals surface area (Å²) in [6, 6.07) is 0.962. The molecule has 2 heterocycles. The Hall–Kier alpha value is -0.180. The predicted molar refractivity (Wildman–Crippen MR) is 83.3 cm³/mol. The summed E-state index contributed by atoms with van der Waals surface area (Å²) < 4.78 is 35.6. The molecule has 1 aliphatic rings. The Morgan fingerprint density at radius 2 is 1.81 bits per heavy atom. The number of aromatic nitrogens is 2. The van der Waals surface area contributed by atoms with Crippen LogP contribution in [0.4, 0.5) is 0 Å². The standard InChI is InChI=1S/C9H14N2O12P2.Na.H/c12-5-1-2-11(9(15)10-5)8-7(14)6(13)4(22-8)3-21-25(19,20)23-24(16,17)18;;/h1-2,4,6-8,13-14H,3H2,(H,19,20)(H,10,12,15)(H2,16,17,18);;/t4-,6-,7-,8-;;/m1../s1.